The Bertz CT molecular complexity index is 1050. The smallest absolute Gasteiger partial charge is 0.243 e. The molecule has 0 aliphatic carbocycles. The second-order valence-electron chi connectivity index (χ2n) is 7.76. The maximum atomic E-state index is 13.2. The molecule has 8 heteroatoms. The van der Waals surface area contributed by atoms with Crippen molar-refractivity contribution in [3.8, 4) is 11.5 Å². The number of methoxy groups -OCH3 is 1. The SMILES string of the molecule is CCOc1ccc(S(=O)(=O)N2CCC[C@H](C(=O)Nc3cc(C)ccc3OC)C2)cc1C. The number of anilines is 1. The van der Waals surface area contributed by atoms with Crippen molar-refractivity contribution in [2.24, 2.45) is 5.92 Å². The number of carbonyl (C=O) groups is 1. The molecule has 7 nitrogen and oxygen atoms in total. The van der Waals surface area contributed by atoms with E-state index in [4.69, 9.17) is 9.47 Å². The minimum Gasteiger partial charge on any atom is -0.495 e. The number of ether oxygens (including phenoxy) is 2. The Morgan fingerprint density at radius 3 is 2.58 bits per heavy atom. The van der Waals surface area contributed by atoms with E-state index in [0.29, 0.717) is 43.2 Å². The molecule has 31 heavy (non-hydrogen) atoms. The van der Waals surface area contributed by atoms with Crippen molar-refractivity contribution in [1.29, 1.82) is 0 Å². The highest BCUT2D eigenvalue weighted by molar-refractivity contribution is 7.89. The molecule has 1 amide bonds. The molecule has 0 aromatic heterocycles. The van der Waals surface area contributed by atoms with Gasteiger partial charge in [-0.2, -0.15) is 4.31 Å². The molecule has 0 radical (unpaired) electrons. The summed E-state index contributed by atoms with van der Waals surface area (Å²) in [6, 6.07) is 10.4. The fraction of sp³-hybridized carbons (Fsp3) is 0.435. The van der Waals surface area contributed by atoms with E-state index in [1.54, 1.807) is 31.4 Å². The van der Waals surface area contributed by atoms with Crippen molar-refractivity contribution in [3.63, 3.8) is 0 Å². The first-order valence-electron chi connectivity index (χ1n) is 10.5. The molecule has 1 heterocycles. The van der Waals surface area contributed by atoms with Crippen molar-refractivity contribution in [2.75, 3.05) is 32.1 Å². The van der Waals surface area contributed by atoms with Gasteiger partial charge in [-0.05, 0) is 75.1 Å². The number of benzene rings is 2. The summed E-state index contributed by atoms with van der Waals surface area (Å²) >= 11 is 0. The van der Waals surface area contributed by atoms with Gasteiger partial charge in [0.25, 0.3) is 0 Å². The van der Waals surface area contributed by atoms with Crippen LogP contribution >= 0.6 is 0 Å². The molecule has 0 spiro atoms. The molecule has 2 aromatic rings. The van der Waals surface area contributed by atoms with E-state index in [1.165, 1.54) is 4.31 Å². The van der Waals surface area contributed by atoms with Gasteiger partial charge in [-0.15, -0.1) is 0 Å². The van der Waals surface area contributed by atoms with Crippen LogP contribution in [-0.2, 0) is 14.8 Å². The molecule has 0 bridgehead atoms. The number of amides is 1. The fourth-order valence-electron chi connectivity index (χ4n) is 3.78. The summed E-state index contributed by atoms with van der Waals surface area (Å²) in [7, 11) is -2.15. The Morgan fingerprint density at radius 1 is 1.16 bits per heavy atom. The summed E-state index contributed by atoms with van der Waals surface area (Å²) in [4.78, 5) is 13.1. The zero-order valence-corrected chi connectivity index (χ0v) is 19.3. The molecule has 168 valence electrons. The highest BCUT2D eigenvalue weighted by Gasteiger charge is 2.33. The van der Waals surface area contributed by atoms with Crippen molar-refractivity contribution < 1.29 is 22.7 Å². The van der Waals surface area contributed by atoms with Gasteiger partial charge >= 0.3 is 0 Å². The maximum absolute atomic E-state index is 13.2. The molecule has 1 saturated heterocycles. The van der Waals surface area contributed by atoms with E-state index in [1.807, 2.05) is 32.9 Å². The lowest BCUT2D eigenvalue weighted by Gasteiger charge is -2.31. The van der Waals surface area contributed by atoms with Gasteiger partial charge in [-0.3, -0.25) is 4.79 Å². The minimum absolute atomic E-state index is 0.147. The third-order valence-corrected chi connectivity index (χ3v) is 7.31. The average molecular weight is 447 g/mol. The molecule has 1 aliphatic rings. The summed E-state index contributed by atoms with van der Waals surface area (Å²) in [5.74, 6) is 0.609. The first-order valence-corrected chi connectivity index (χ1v) is 11.9. The number of carbonyl (C=O) groups excluding carboxylic acids is 1. The molecule has 1 fully saturated rings. The first kappa shape index (κ1) is 23.1. The average Bonchev–Trinajstić information content (AvgIpc) is 2.75. The zero-order valence-electron chi connectivity index (χ0n) is 18.5. The lowest BCUT2D eigenvalue weighted by Crippen LogP contribution is -2.43. The second-order valence-corrected chi connectivity index (χ2v) is 9.69. The standard InChI is InChI=1S/C23H30N2O5S/c1-5-30-21-11-9-19(14-17(21)3)31(27,28)25-12-6-7-18(15-25)23(26)24-20-13-16(2)8-10-22(20)29-4/h8-11,13-14,18H,5-7,12,15H2,1-4H3,(H,24,26)/t18-/m0/s1. The van der Waals surface area contributed by atoms with E-state index in [-0.39, 0.29) is 17.3 Å². The van der Waals surface area contributed by atoms with Crippen LogP contribution in [0.25, 0.3) is 0 Å². The van der Waals surface area contributed by atoms with E-state index in [2.05, 4.69) is 5.32 Å². The zero-order chi connectivity index (χ0) is 22.6. The predicted octanol–water partition coefficient (Wildman–Crippen LogP) is 3.75. The number of aryl methyl sites for hydroxylation is 2. The normalized spacial score (nSPS) is 17.2. The van der Waals surface area contributed by atoms with E-state index in [0.717, 1.165) is 11.1 Å². The first-order chi connectivity index (χ1) is 14.8. The largest absolute Gasteiger partial charge is 0.495 e. The number of rotatable bonds is 7. The highest BCUT2D eigenvalue weighted by atomic mass is 32.2. The topological polar surface area (TPSA) is 84.9 Å². The Labute approximate surface area is 184 Å². The van der Waals surface area contributed by atoms with Crippen LogP contribution in [0.15, 0.2) is 41.3 Å². The van der Waals surface area contributed by atoms with Crippen molar-refractivity contribution in [2.45, 2.75) is 38.5 Å². The van der Waals surface area contributed by atoms with Crippen LogP contribution in [-0.4, -0.2) is 45.4 Å². The fourth-order valence-corrected chi connectivity index (χ4v) is 5.39. The third kappa shape index (κ3) is 5.19. The van der Waals surface area contributed by atoms with E-state index < -0.39 is 15.9 Å². The van der Waals surface area contributed by atoms with Crippen LogP contribution < -0.4 is 14.8 Å². The quantitative estimate of drug-likeness (QED) is 0.700. The van der Waals surface area contributed by atoms with Crippen LogP contribution in [0.2, 0.25) is 0 Å². The van der Waals surface area contributed by atoms with Gasteiger partial charge in [0.15, 0.2) is 0 Å². The molecule has 3 rings (SSSR count). The molecule has 0 unspecified atom stereocenters. The lowest BCUT2D eigenvalue weighted by molar-refractivity contribution is -0.120. The summed E-state index contributed by atoms with van der Waals surface area (Å²) < 4.78 is 38.7. The number of nitrogens with zero attached hydrogens (tertiary/aromatic N) is 1. The number of sulfonamides is 1. The Kier molecular flexibility index (Phi) is 7.23. The molecular formula is C23H30N2O5S. The Morgan fingerprint density at radius 2 is 1.90 bits per heavy atom. The van der Waals surface area contributed by atoms with Gasteiger partial charge in [0.1, 0.15) is 11.5 Å². The molecule has 1 atom stereocenters. The monoisotopic (exact) mass is 446 g/mol. The number of nitrogens with one attached hydrogen (secondary N) is 1. The third-order valence-electron chi connectivity index (χ3n) is 5.45. The molecule has 2 aromatic carbocycles. The van der Waals surface area contributed by atoms with Gasteiger partial charge in [0.2, 0.25) is 15.9 Å². The number of piperidine rings is 1. The minimum atomic E-state index is -3.70. The Hall–Kier alpha value is -2.58. The van der Waals surface area contributed by atoms with Gasteiger partial charge in [0.05, 0.1) is 30.2 Å². The number of hydrogen-bond acceptors (Lipinski definition) is 5. The van der Waals surface area contributed by atoms with Crippen LogP contribution in [0, 0.1) is 19.8 Å². The van der Waals surface area contributed by atoms with Crippen LogP contribution in [0.3, 0.4) is 0 Å². The van der Waals surface area contributed by atoms with Crippen LogP contribution in [0.5, 0.6) is 11.5 Å². The number of hydrogen-bond donors (Lipinski definition) is 1. The lowest BCUT2D eigenvalue weighted by atomic mass is 9.98. The van der Waals surface area contributed by atoms with Crippen LogP contribution in [0.1, 0.15) is 30.9 Å². The van der Waals surface area contributed by atoms with Crippen molar-refractivity contribution in [1.82, 2.24) is 4.31 Å². The summed E-state index contributed by atoms with van der Waals surface area (Å²) in [6.45, 7) is 6.70. The maximum Gasteiger partial charge on any atom is 0.243 e. The Balaban J connectivity index is 1.76. The van der Waals surface area contributed by atoms with Gasteiger partial charge in [-0.1, -0.05) is 6.07 Å². The van der Waals surface area contributed by atoms with E-state index in [9.17, 15) is 13.2 Å². The van der Waals surface area contributed by atoms with Crippen molar-refractivity contribution in [3.05, 3.63) is 47.5 Å². The summed E-state index contributed by atoms with van der Waals surface area (Å²) in [6.07, 6.45) is 1.26. The van der Waals surface area contributed by atoms with Crippen molar-refractivity contribution >= 4 is 21.6 Å². The summed E-state index contributed by atoms with van der Waals surface area (Å²) in [5, 5.41) is 2.91. The molecule has 1 aliphatic heterocycles. The van der Waals surface area contributed by atoms with Gasteiger partial charge in [-0.25, -0.2) is 8.42 Å². The van der Waals surface area contributed by atoms with Gasteiger partial charge in [0, 0.05) is 13.1 Å². The molecule has 0 saturated carbocycles. The highest BCUT2D eigenvalue weighted by Crippen LogP contribution is 2.30. The van der Waals surface area contributed by atoms with Gasteiger partial charge < -0.3 is 14.8 Å². The molecule has 1 N–H and O–H groups in total. The van der Waals surface area contributed by atoms with E-state index >= 15 is 0 Å². The molecular weight excluding hydrogens is 416 g/mol. The van der Waals surface area contributed by atoms with Crippen LogP contribution in [0.4, 0.5) is 5.69 Å². The predicted molar refractivity (Wildman–Crippen MR) is 120 cm³/mol. The second kappa shape index (κ2) is 9.70. The summed E-state index contributed by atoms with van der Waals surface area (Å²) in [5.41, 5.74) is 2.35.